The Bertz CT molecular complexity index is 884. The highest BCUT2D eigenvalue weighted by molar-refractivity contribution is 5.92. The second kappa shape index (κ2) is 8.49. The fourth-order valence-electron chi connectivity index (χ4n) is 4.36. The molecule has 2 aliphatic rings. The standard InChI is InChI=1S/C23H26N4O2/c1-23(2)14-19-22(20(28)15-23)18(13-21(29)26-19)16-5-7-17(8-6-16)27(11-3-9-24)12-4-10-25/h5-8,14,18,22H,3-4,11-13,15H2,1-2H3,(H,26,29)/t18-,22-/m0/s1. The van der Waals surface area contributed by atoms with Gasteiger partial charge in [-0.25, -0.2) is 0 Å². The molecule has 0 bridgehead atoms. The van der Waals surface area contributed by atoms with Gasteiger partial charge in [0.05, 0.1) is 30.9 Å². The molecule has 0 radical (unpaired) electrons. The van der Waals surface area contributed by atoms with Gasteiger partial charge in [0.2, 0.25) is 5.91 Å². The lowest BCUT2D eigenvalue weighted by molar-refractivity contribution is -0.128. The van der Waals surface area contributed by atoms with E-state index in [1.54, 1.807) is 0 Å². The van der Waals surface area contributed by atoms with Crippen molar-refractivity contribution < 1.29 is 9.59 Å². The highest BCUT2D eigenvalue weighted by Crippen LogP contribution is 2.43. The minimum atomic E-state index is -0.306. The minimum Gasteiger partial charge on any atom is -0.369 e. The number of piperidine rings is 1. The second-order valence-corrected chi connectivity index (χ2v) is 8.46. The van der Waals surface area contributed by atoms with Gasteiger partial charge in [0.15, 0.2) is 0 Å². The van der Waals surface area contributed by atoms with Gasteiger partial charge in [-0.05, 0) is 23.1 Å². The number of anilines is 1. The van der Waals surface area contributed by atoms with E-state index in [-0.39, 0.29) is 28.9 Å². The summed E-state index contributed by atoms with van der Waals surface area (Å²) in [6.45, 7) is 5.14. The van der Waals surface area contributed by atoms with Gasteiger partial charge in [0.1, 0.15) is 5.78 Å². The molecule has 1 amide bonds. The molecule has 1 aliphatic heterocycles. The molecular formula is C23H26N4O2. The van der Waals surface area contributed by atoms with E-state index in [0.717, 1.165) is 16.9 Å². The lowest BCUT2D eigenvalue weighted by atomic mass is 9.68. The van der Waals surface area contributed by atoms with Crippen molar-refractivity contribution in [2.75, 3.05) is 18.0 Å². The summed E-state index contributed by atoms with van der Waals surface area (Å²) in [7, 11) is 0. The van der Waals surface area contributed by atoms with E-state index in [0.29, 0.717) is 38.8 Å². The van der Waals surface area contributed by atoms with E-state index < -0.39 is 0 Å². The van der Waals surface area contributed by atoms with Crippen LogP contribution in [0.1, 0.15) is 51.0 Å². The van der Waals surface area contributed by atoms with Crippen LogP contribution in [0.15, 0.2) is 36.0 Å². The van der Waals surface area contributed by atoms with Crippen LogP contribution in [0.4, 0.5) is 5.69 Å². The number of hydrogen-bond donors (Lipinski definition) is 1. The molecule has 2 atom stereocenters. The zero-order chi connectivity index (χ0) is 21.0. The summed E-state index contributed by atoms with van der Waals surface area (Å²) in [5.74, 6) is -0.359. The van der Waals surface area contributed by atoms with Crippen LogP contribution in [0.2, 0.25) is 0 Å². The average Bonchev–Trinajstić information content (AvgIpc) is 2.66. The molecule has 1 N–H and O–H groups in total. The van der Waals surface area contributed by atoms with Crippen molar-refractivity contribution in [3.63, 3.8) is 0 Å². The van der Waals surface area contributed by atoms with Gasteiger partial charge in [-0.3, -0.25) is 9.59 Å². The number of carbonyl (C=O) groups excluding carboxylic acids is 2. The summed E-state index contributed by atoms with van der Waals surface area (Å²) < 4.78 is 0. The van der Waals surface area contributed by atoms with E-state index in [1.807, 2.05) is 49.1 Å². The lowest BCUT2D eigenvalue weighted by Gasteiger charge is -2.39. The van der Waals surface area contributed by atoms with Crippen LogP contribution in [0.25, 0.3) is 0 Å². The van der Waals surface area contributed by atoms with Gasteiger partial charge in [-0.2, -0.15) is 10.5 Å². The summed E-state index contributed by atoms with van der Waals surface area (Å²) >= 11 is 0. The monoisotopic (exact) mass is 390 g/mol. The van der Waals surface area contributed by atoms with Crippen molar-refractivity contribution in [3.05, 3.63) is 41.6 Å². The number of amides is 1. The smallest absolute Gasteiger partial charge is 0.224 e. The quantitative estimate of drug-likeness (QED) is 0.803. The number of fused-ring (bicyclic) bond motifs is 1. The molecule has 0 aromatic heterocycles. The second-order valence-electron chi connectivity index (χ2n) is 8.46. The number of allylic oxidation sites excluding steroid dienone is 2. The average molecular weight is 390 g/mol. The Labute approximate surface area is 171 Å². The normalized spacial score (nSPS) is 22.6. The number of benzene rings is 1. The molecule has 1 aromatic rings. The molecule has 6 heteroatoms. The number of nitrogens with zero attached hydrogens (tertiary/aromatic N) is 3. The van der Waals surface area contributed by atoms with E-state index in [4.69, 9.17) is 10.5 Å². The van der Waals surface area contributed by atoms with Crippen LogP contribution in [-0.4, -0.2) is 24.8 Å². The first-order valence-corrected chi connectivity index (χ1v) is 9.99. The van der Waals surface area contributed by atoms with Crippen LogP contribution in [0.3, 0.4) is 0 Å². The van der Waals surface area contributed by atoms with Crippen molar-refractivity contribution in [1.82, 2.24) is 5.32 Å². The van der Waals surface area contributed by atoms with Gasteiger partial charge in [0.25, 0.3) is 0 Å². The zero-order valence-corrected chi connectivity index (χ0v) is 16.9. The molecule has 1 heterocycles. The van der Waals surface area contributed by atoms with E-state index in [9.17, 15) is 9.59 Å². The lowest BCUT2D eigenvalue weighted by Crippen LogP contribution is -2.45. The first-order valence-electron chi connectivity index (χ1n) is 9.99. The maximum atomic E-state index is 12.9. The first-order chi connectivity index (χ1) is 13.8. The maximum absolute atomic E-state index is 12.9. The largest absolute Gasteiger partial charge is 0.369 e. The molecule has 0 unspecified atom stereocenters. The highest BCUT2D eigenvalue weighted by Gasteiger charge is 2.43. The van der Waals surface area contributed by atoms with Crippen LogP contribution < -0.4 is 10.2 Å². The van der Waals surface area contributed by atoms with Crippen LogP contribution >= 0.6 is 0 Å². The zero-order valence-electron chi connectivity index (χ0n) is 16.9. The Morgan fingerprint density at radius 2 is 1.72 bits per heavy atom. The third kappa shape index (κ3) is 4.66. The van der Waals surface area contributed by atoms with E-state index in [2.05, 4.69) is 17.5 Å². The first kappa shape index (κ1) is 20.6. The third-order valence-corrected chi connectivity index (χ3v) is 5.62. The van der Waals surface area contributed by atoms with E-state index in [1.165, 1.54) is 0 Å². The molecular weight excluding hydrogens is 364 g/mol. The SMILES string of the molecule is CC1(C)C=C2NC(=O)C[C@@H](c3ccc(N(CCC#N)CCC#N)cc3)[C@@H]2C(=O)C1. The number of rotatable bonds is 6. The Hall–Kier alpha value is -3.12. The molecule has 1 saturated heterocycles. The van der Waals surface area contributed by atoms with Gasteiger partial charge in [-0.15, -0.1) is 0 Å². The molecule has 6 nitrogen and oxygen atoms in total. The number of hydrogen-bond acceptors (Lipinski definition) is 5. The minimum absolute atomic E-state index is 0.0586. The Kier molecular flexibility index (Phi) is 6.03. The molecule has 1 aromatic carbocycles. The number of ketones is 1. The van der Waals surface area contributed by atoms with Crippen molar-refractivity contribution in [2.45, 2.75) is 45.4 Å². The van der Waals surface area contributed by atoms with Crippen molar-refractivity contribution in [3.8, 4) is 12.1 Å². The van der Waals surface area contributed by atoms with Crippen molar-refractivity contribution in [2.24, 2.45) is 11.3 Å². The predicted octanol–water partition coefficient (Wildman–Crippen LogP) is 3.42. The number of nitriles is 2. The summed E-state index contributed by atoms with van der Waals surface area (Å²) in [5, 5.41) is 20.7. The Morgan fingerprint density at radius 1 is 1.10 bits per heavy atom. The van der Waals surface area contributed by atoms with Gasteiger partial charge >= 0.3 is 0 Å². The molecule has 0 saturated carbocycles. The summed E-state index contributed by atoms with van der Waals surface area (Å²) in [6.07, 6.45) is 3.57. The molecule has 1 aliphatic carbocycles. The van der Waals surface area contributed by atoms with Crippen molar-refractivity contribution >= 4 is 17.4 Å². The predicted molar refractivity (Wildman–Crippen MR) is 110 cm³/mol. The van der Waals surface area contributed by atoms with Gasteiger partial charge < -0.3 is 10.2 Å². The van der Waals surface area contributed by atoms with Crippen molar-refractivity contribution in [1.29, 1.82) is 10.5 Å². The van der Waals surface area contributed by atoms with Crippen LogP contribution in [0.5, 0.6) is 0 Å². The molecule has 29 heavy (non-hydrogen) atoms. The third-order valence-electron chi connectivity index (χ3n) is 5.62. The number of Topliss-reactive ketones (excluding diaryl/α,β-unsaturated/α-hetero) is 1. The number of nitrogens with one attached hydrogen (secondary N) is 1. The maximum Gasteiger partial charge on any atom is 0.224 e. The van der Waals surface area contributed by atoms with Gasteiger partial charge in [0, 0.05) is 43.2 Å². The number of carbonyl (C=O) groups is 2. The topological polar surface area (TPSA) is 97.0 Å². The van der Waals surface area contributed by atoms with Gasteiger partial charge in [-0.1, -0.05) is 32.1 Å². The molecule has 1 fully saturated rings. The Balaban J connectivity index is 1.86. The molecule has 150 valence electrons. The van der Waals surface area contributed by atoms with E-state index >= 15 is 0 Å². The fraction of sp³-hybridized carbons (Fsp3) is 0.478. The summed E-state index contributed by atoms with van der Waals surface area (Å²) in [6, 6.07) is 12.1. The van der Waals surface area contributed by atoms with Crippen LogP contribution in [-0.2, 0) is 9.59 Å². The summed E-state index contributed by atoms with van der Waals surface area (Å²) in [5.41, 5.74) is 2.39. The fourth-order valence-corrected chi connectivity index (χ4v) is 4.36. The van der Waals surface area contributed by atoms with Crippen LogP contribution in [0, 0.1) is 34.0 Å². The Morgan fingerprint density at radius 3 is 2.31 bits per heavy atom. The highest BCUT2D eigenvalue weighted by atomic mass is 16.2. The summed E-state index contributed by atoms with van der Waals surface area (Å²) in [4.78, 5) is 27.2. The molecule has 3 rings (SSSR count). The molecule has 0 spiro atoms.